The van der Waals surface area contributed by atoms with Gasteiger partial charge in [0.1, 0.15) is 22.8 Å². The van der Waals surface area contributed by atoms with Gasteiger partial charge in [0.2, 0.25) is 11.8 Å². The summed E-state index contributed by atoms with van der Waals surface area (Å²) in [7, 11) is 0. The first-order valence-electron chi connectivity index (χ1n) is 9.61. The van der Waals surface area contributed by atoms with Gasteiger partial charge in [-0.25, -0.2) is 4.79 Å². The van der Waals surface area contributed by atoms with Crippen molar-refractivity contribution in [3.05, 3.63) is 85.6 Å². The predicted molar refractivity (Wildman–Crippen MR) is 112 cm³/mol. The van der Waals surface area contributed by atoms with E-state index in [1.165, 1.54) is 23.1 Å². The molecule has 3 heterocycles. The number of rotatable bonds is 2. The second-order valence-electron chi connectivity index (χ2n) is 7.30. The number of nitrogens with zero attached hydrogens (tertiary/aromatic N) is 3. The Morgan fingerprint density at radius 1 is 1.25 bits per heavy atom. The van der Waals surface area contributed by atoms with Gasteiger partial charge in [-0.05, 0) is 25.1 Å². The molecular weight excluding hydrogens is 416 g/mol. The lowest BCUT2D eigenvalue weighted by Gasteiger charge is -2.33. The fourth-order valence-electron chi connectivity index (χ4n) is 4.56. The Balaban J connectivity index is 2.02. The largest absolute Gasteiger partial charge is 0.439 e. The van der Waals surface area contributed by atoms with E-state index in [4.69, 9.17) is 14.9 Å². The molecule has 0 saturated heterocycles. The Kier molecular flexibility index (Phi) is 3.88. The number of anilines is 1. The third-order valence-corrected chi connectivity index (χ3v) is 5.85. The maximum atomic E-state index is 13.9. The molecular formula is C22H14N4O6. The van der Waals surface area contributed by atoms with E-state index in [-0.39, 0.29) is 46.1 Å². The normalized spacial score (nSPS) is 19.0. The molecule has 2 aliphatic heterocycles. The van der Waals surface area contributed by atoms with Gasteiger partial charge in [0.15, 0.2) is 11.2 Å². The number of hydrogen-bond donors (Lipinski definition) is 1. The number of nitrogens with two attached hydrogens (primary N) is 1. The van der Waals surface area contributed by atoms with Crippen molar-refractivity contribution in [3.63, 3.8) is 0 Å². The van der Waals surface area contributed by atoms with Crippen molar-refractivity contribution < 1.29 is 18.9 Å². The molecule has 3 aromatic rings. The molecule has 5 rings (SSSR count). The Morgan fingerprint density at radius 3 is 2.69 bits per heavy atom. The minimum absolute atomic E-state index is 0.0166. The lowest BCUT2D eigenvalue weighted by Crippen LogP contribution is -2.48. The number of carbonyl (C=O) groups is 1. The molecule has 1 atom stereocenters. The highest BCUT2D eigenvalue weighted by molar-refractivity contribution is 6.15. The van der Waals surface area contributed by atoms with E-state index in [0.717, 1.165) is 0 Å². The van der Waals surface area contributed by atoms with Crippen LogP contribution in [-0.4, -0.2) is 17.4 Å². The van der Waals surface area contributed by atoms with Crippen molar-refractivity contribution in [1.82, 2.24) is 0 Å². The summed E-state index contributed by atoms with van der Waals surface area (Å²) in [6.45, 7) is 1.91. The summed E-state index contributed by atoms with van der Waals surface area (Å²) in [4.78, 5) is 39.4. The molecule has 2 aliphatic rings. The summed E-state index contributed by atoms with van der Waals surface area (Å²) in [6.07, 6.45) is 0. The lowest BCUT2D eigenvalue weighted by molar-refractivity contribution is -0.384. The average molecular weight is 430 g/mol. The first-order chi connectivity index (χ1) is 15.4. The molecule has 158 valence electrons. The third kappa shape index (κ3) is 2.16. The zero-order valence-corrected chi connectivity index (χ0v) is 16.6. The molecule has 0 fully saturated rings. The molecule has 10 nitrogen and oxygen atoms in total. The summed E-state index contributed by atoms with van der Waals surface area (Å²) in [6, 6.07) is 12.3. The van der Waals surface area contributed by atoms with Gasteiger partial charge in [0.25, 0.3) is 5.69 Å². The number of fused-ring (bicyclic) bond motifs is 6. The lowest BCUT2D eigenvalue weighted by atomic mass is 9.69. The second-order valence-corrected chi connectivity index (χ2v) is 7.30. The van der Waals surface area contributed by atoms with Gasteiger partial charge < -0.3 is 19.8 Å². The fourth-order valence-corrected chi connectivity index (χ4v) is 4.56. The molecule has 2 N–H and O–H groups in total. The van der Waals surface area contributed by atoms with Gasteiger partial charge in [-0.3, -0.25) is 14.9 Å². The number of hydrogen-bond acceptors (Lipinski definition) is 8. The maximum absolute atomic E-state index is 13.9. The van der Waals surface area contributed by atoms with Gasteiger partial charge in [-0.15, -0.1) is 0 Å². The Hall–Kier alpha value is -4.65. The van der Waals surface area contributed by atoms with Crippen LogP contribution in [0.3, 0.4) is 0 Å². The summed E-state index contributed by atoms with van der Waals surface area (Å²) in [5.41, 5.74) is 2.95. The van der Waals surface area contributed by atoms with E-state index in [9.17, 15) is 25.0 Å². The highest BCUT2D eigenvalue weighted by atomic mass is 16.6. The molecule has 1 aromatic heterocycles. The van der Waals surface area contributed by atoms with E-state index in [1.54, 1.807) is 31.2 Å². The van der Waals surface area contributed by atoms with Crippen LogP contribution in [0.15, 0.2) is 63.1 Å². The van der Waals surface area contributed by atoms with E-state index in [2.05, 4.69) is 0 Å². The van der Waals surface area contributed by atoms with Crippen LogP contribution in [0.1, 0.15) is 18.1 Å². The predicted octanol–water partition coefficient (Wildman–Crippen LogP) is 2.44. The molecule has 0 saturated carbocycles. The van der Waals surface area contributed by atoms with Crippen LogP contribution in [0.5, 0.6) is 5.75 Å². The molecule has 2 aromatic carbocycles. The standard InChI is InChI=1S/C22H14N4O6/c1-2-25-15-8-7-11(26(29)30)9-13(15)22(21(25)28)14(10-23)19(24)32-18-12-5-3-4-6-16(12)31-20(27)17(18)22/h3-9H,2,24H2,1H3. The SMILES string of the molecule is CCN1C(=O)C2(C(C#N)=C(N)Oc3c2c(=O)oc2ccccc32)c2cc([N+](=O)[O-])ccc21. The van der Waals surface area contributed by atoms with Crippen LogP contribution < -0.4 is 21.0 Å². The quantitative estimate of drug-likeness (QED) is 0.369. The third-order valence-electron chi connectivity index (χ3n) is 5.85. The van der Waals surface area contributed by atoms with Crippen LogP contribution in [0.4, 0.5) is 11.4 Å². The van der Waals surface area contributed by atoms with Crippen molar-refractivity contribution in [3.8, 4) is 11.8 Å². The van der Waals surface area contributed by atoms with Crippen LogP contribution in [0, 0.1) is 21.4 Å². The molecule has 10 heteroatoms. The molecule has 1 amide bonds. The van der Waals surface area contributed by atoms with Crippen molar-refractivity contribution in [2.45, 2.75) is 12.3 Å². The van der Waals surface area contributed by atoms with Crippen LogP contribution >= 0.6 is 0 Å². The molecule has 1 spiro atoms. The summed E-state index contributed by atoms with van der Waals surface area (Å²) in [5, 5.41) is 21.9. The highest BCUT2D eigenvalue weighted by Gasteiger charge is 2.61. The highest BCUT2D eigenvalue weighted by Crippen LogP contribution is 2.55. The van der Waals surface area contributed by atoms with Crippen LogP contribution in [-0.2, 0) is 10.2 Å². The number of carbonyl (C=O) groups excluding carboxylic acids is 1. The molecule has 0 aliphatic carbocycles. The average Bonchev–Trinajstić information content (AvgIpc) is 3.01. The topological polar surface area (TPSA) is 153 Å². The minimum Gasteiger partial charge on any atom is -0.439 e. The Morgan fingerprint density at radius 2 is 2.00 bits per heavy atom. The molecule has 32 heavy (non-hydrogen) atoms. The van der Waals surface area contributed by atoms with Gasteiger partial charge in [-0.1, -0.05) is 12.1 Å². The van der Waals surface area contributed by atoms with Gasteiger partial charge in [0, 0.05) is 29.9 Å². The minimum atomic E-state index is -2.03. The molecule has 0 bridgehead atoms. The van der Waals surface area contributed by atoms with E-state index in [0.29, 0.717) is 11.1 Å². The smallest absolute Gasteiger partial charge is 0.345 e. The monoisotopic (exact) mass is 430 g/mol. The number of benzene rings is 2. The number of non-ortho nitro benzene ring substituents is 1. The first kappa shape index (κ1) is 19.3. The van der Waals surface area contributed by atoms with Gasteiger partial charge in [-0.2, -0.15) is 5.26 Å². The van der Waals surface area contributed by atoms with Crippen molar-refractivity contribution in [1.29, 1.82) is 5.26 Å². The zero-order chi connectivity index (χ0) is 22.8. The maximum Gasteiger partial charge on any atom is 0.345 e. The number of nitriles is 1. The summed E-state index contributed by atoms with van der Waals surface area (Å²) >= 11 is 0. The second kappa shape index (κ2) is 6.42. The number of para-hydroxylation sites is 1. The number of amides is 1. The van der Waals surface area contributed by atoms with Crippen LogP contribution in [0.25, 0.3) is 11.0 Å². The first-order valence-corrected chi connectivity index (χ1v) is 9.61. The number of ether oxygens (including phenoxy) is 1. The van der Waals surface area contributed by atoms with E-state index >= 15 is 0 Å². The van der Waals surface area contributed by atoms with E-state index < -0.39 is 21.9 Å². The molecule has 0 radical (unpaired) electrons. The van der Waals surface area contributed by atoms with E-state index in [1.807, 2.05) is 6.07 Å². The van der Waals surface area contributed by atoms with Crippen LogP contribution in [0.2, 0.25) is 0 Å². The van der Waals surface area contributed by atoms with Gasteiger partial charge in [0.05, 0.1) is 10.3 Å². The van der Waals surface area contributed by atoms with Gasteiger partial charge >= 0.3 is 5.63 Å². The molecule has 1 unspecified atom stereocenters. The number of nitro benzene ring substituents is 1. The number of nitro groups is 1. The van der Waals surface area contributed by atoms with Crippen molar-refractivity contribution in [2.75, 3.05) is 11.4 Å². The summed E-state index contributed by atoms with van der Waals surface area (Å²) in [5.74, 6) is -1.02. The van der Waals surface area contributed by atoms with Crippen molar-refractivity contribution >= 4 is 28.3 Å². The fraction of sp³-hybridized carbons (Fsp3) is 0.136. The Labute approximate surface area is 179 Å². The Bertz CT molecular complexity index is 1500. The van der Waals surface area contributed by atoms with Crippen molar-refractivity contribution in [2.24, 2.45) is 5.73 Å². The number of likely N-dealkylation sites (N-methyl/N-ethyl adjacent to an activating group) is 1. The zero-order valence-electron chi connectivity index (χ0n) is 16.6. The summed E-state index contributed by atoms with van der Waals surface area (Å²) < 4.78 is 11.2.